The number of rotatable bonds is 6. The summed E-state index contributed by atoms with van der Waals surface area (Å²) in [4.78, 5) is 14.3. The van der Waals surface area contributed by atoms with Gasteiger partial charge in [-0.3, -0.25) is 4.79 Å². The molecule has 1 aliphatic heterocycles. The Labute approximate surface area is 142 Å². The first-order valence-corrected chi connectivity index (χ1v) is 8.30. The minimum atomic E-state index is -0.122. The van der Waals surface area contributed by atoms with E-state index in [0.29, 0.717) is 12.2 Å². The molecular weight excluding hydrogens is 306 g/mol. The maximum Gasteiger partial charge on any atom is 0.254 e. The fraction of sp³-hybridized carbons (Fsp3) is 0.421. The van der Waals surface area contributed by atoms with Gasteiger partial charge in [-0.15, -0.1) is 0 Å². The third kappa shape index (κ3) is 3.79. The lowest BCUT2D eigenvalue weighted by atomic mass is 10.1. The van der Waals surface area contributed by atoms with E-state index in [0.717, 1.165) is 31.0 Å². The molecular formula is C19H23NO4. The van der Waals surface area contributed by atoms with Crippen LogP contribution < -0.4 is 4.74 Å². The van der Waals surface area contributed by atoms with Crippen LogP contribution in [0.4, 0.5) is 0 Å². The highest BCUT2D eigenvalue weighted by molar-refractivity contribution is 5.94. The van der Waals surface area contributed by atoms with Crippen molar-refractivity contribution < 1.29 is 18.7 Å². The Morgan fingerprint density at radius 3 is 2.75 bits per heavy atom. The summed E-state index contributed by atoms with van der Waals surface area (Å²) in [5.74, 6) is 1.47. The fourth-order valence-electron chi connectivity index (χ4n) is 2.76. The SMILES string of the molecule is CC(c1ccco1)N(C)C(=O)c1ccc(OCC2CCCO2)cc1. The van der Waals surface area contributed by atoms with Crippen LogP contribution in [0.1, 0.15) is 41.9 Å². The second kappa shape index (κ2) is 7.53. The Kier molecular flexibility index (Phi) is 5.20. The van der Waals surface area contributed by atoms with Crippen molar-refractivity contribution in [2.24, 2.45) is 0 Å². The summed E-state index contributed by atoms with van der Waals surface area (Å²) in [5, 5.41) is 0. The molecule has 0 bridgehead atoms. The number of furan rings is 1. The zero-order valence-corrected chi connectivity index (χ0v) is 14.1. The monoisotopic (exact) mass is 329 g/mol. The molecule has 1 aromatic heterocycles. The number of carbonyl (C=O) groups excluding carboxylic acids is 1. The molecule has 128 valence electrons. The lowest BCUT2D eigenvalue weighted by Gasteiger charge is -2.23. The molecule has 2 heterocycles. The summed E-state index contributed by atoms with van der Waals surface area (Å²) < 4.78 is 16.6. The van der Waals surface area contributed by atoms with Gasteiger partial charge in [-0.05, 0) is 56.2 Å². The Balaban J connectivity index is 1.58. The van der Waals surface area contributed by atoms with Gasteiger partial charge >= 0.3 is 0 Å². The van der Waals surface area contributed by atoms with E-state index >= 15 is 0 Å². The molecule has 2 aromatic rings. The molecule has 2 atom stereocenters. The average Bonchev–Trinajstić information content (AvgIpc) is 3.32. The zero-order chi connectivity index (χ0) is 16.9. The highest BCUT2D eigenvalue weighted by Gasteiger charge is 2.21. The molecule has 2 unspecified atom stereocenters. The summed E-state index contributed by atoms with van der Waals surface area (Å²) in [6.07, 6.45) is 3.95. The molecule has 3 rings (SSSR count). The van der Waals surface area contributed by atoms with Crippen LogP contribution in [-0.4, -0.2) is 37.2 Å². The van der Waals surface area contributed by atoms with Gasteiger partial charge in [0.1, 0.15) is 18.1 Å². The van der Waals surface area contributed by atoms with Gasteiger partial charge < -0.3 is 18.8 Å². The van der Waals surface area contributed by atoms with E-state index in [1.165, 1.54) is 0 Å². The normalized spacial score (nSPS) is 18.3. The summed E-state index contributed by atoms with van der Waals surface area (Å²) in [6.45, 7) is 3.32. The average molecular weight is 329 g/mol. The van der Waals surface area contributed by atoms with Gasteiger partial charge in [0.2, 0.25) is 0 Å². The van der Waals surface area contributed by atoms with Crippen molar-refractivity contribution >= 4 is 5.91 Å². The Bertz CT molecular complexity index is 645. The molecule has 1 aromatic carbocycles. The van der Waals surface area contributed by atoms with E-state index in [2.05, 4.69) is 0 Å². The summed E-state index contributed by atoms with van der Waals surface area (Å²) >= 11 is 0. The van der Waals surface area contributed by atoms with E-state index in [1.54, 1.807) is 30.3 Å². The largest absolute Gasteiger partial charge is 0.491 e. The third-order valence-corrected chi connectivity index (χ3v) is 4.42. The molecule has 1 saturated heterocycles. The minimum absolute atomic E-state index is 0.0513. The molecule has 1 amide bonds. The number of hydrogen-bond donors (Lipinski definition) is 0. The van der Waals surface area contributed by atoms with Crippen LogP contribution in [0, 0.1) is 0 Å². The molecule has 0 aliphatic carbocycles. The van der Waals surface area contributed by atoms with Crippen molar-refractivity contribution in [2.45, 2.75) is 31.9 Å². The van der Waals surface area contributed by atoms with Gasteiger partial charge in [-0.2, -0.15) is 0 Å². The molecule has 5 nitrogen and oxygen atoms in total. The summed E-state index contributed by atoms with van der Waals surface area (Å²) in [6, 6.07) is 10.8. The van der Waals surface area contributed by atoms with E-state index in [1.807, 2.05) is 31.2 Å². The minimum Gasteiger partial charge on any atom is -0.491 e. The Morgan fingerprint density at radius 1 is 1.33 bits per heavy atom. The van der Waals surface area contributed by atoms with Crippen molar-refractivity contribution in [1.29, 1.82) is 0 Å². The second-order valence-corrected chi connectivity index (χ2v) is 6.08. The Hall–Kier alpha value is -2.27. The van der Waals surface area contributed by atoms with Gasteiger partial charge in [0.15, 0.2) is 0 Å². The number of ether oxygens (including phenoxy) is 2. The number of nitrogens with zero attached hydrogens (tertiary/aromatic N) is 1. The van der Waals surface area contributed by atoms with Gasteiger partial charge in [0.05, 0.1) is 18.4 Å². The van der Waals surface area contributed by atoms with Crippen LogP contribution >= 0.6 is 0 Å². The van der Waals surface area contributed by atoms with Gasteiger partial charge in [-0.25, -0.2) is 0 Å². The second-order valence-electron chi connectivity index (χ2n) is 6.08. The third-order valence-electron chi connectivity index (χ3n) is 4.42. The van der Waals surface area contributed by atoms with Crippen molar-refractivity contribution in [3.8, 4) is 5.75 Å². The number of amides is 1. The highest BCUT2D eigenvalue weighted by Crippen LogP contribution is 2.22. The highest BCUT2D eigenvalue weighted by atomic mass is 16.5. The number of hydrogen-bond acceptors (Lipinski definition) is 4. The van der Waals surface area contributed by atoms with Gasteiger partial charge in [0.25, 0.3) is 5.91 Å². The number of benzene rings is 1. The van der Waals surface area contributed by atoms with E-state index in [4.69, 9.17) is 13.9 Å². The van der Waals surface area contributed by atoms with Crippen LogP contribution in [-0.2, 0) is 4.74 Å². The molecule has 24 heavy (non-hydrogen) atoms. The van der Waals surface area contributed by atoms with Gasteiger partial charge in [-0.1, -0.05) is 0 Å². The molecule has 0 radical (unpaired) electrons. The van der Waals surface area contributed by atoms with E-state index in [9.17, 15) is 4.79 Å². The Morgan fingerprint density at radius 2 is 2.12 bits per heavy atom. The van der Waals surface area contributed by atoms with Crippen molar-refractivity contribution in [3.05, 3.63) is 54.0 Å². The van der Waals surface area contributed by atoms with Gasteiger partial charge in [0, 0.05) is 19.2 Å². The van der Waals surface area contributed by atoms with E-state index in [-0.39, 0.29) is 18.1 Å². The zero-order valence-electron chi connectivity index (χ0n) is 14.1. The molecule has 0 spiro atoms. The first kappa shape index (κ1) is 16.6. The maximum atomic E-state index is 12.6. The summed E-state index contributed by atoms with van der Waals surface area (Å²) in [5.41, 5.74) is 0.625. The lowest BCUT2D eigenvalue weighted by Crippen LogP contribution is -2.29. The predicted molar refractivity (Wildman–Crippen MR) is 90.1 cm³/mol. The van der Waals surface area contributed by atoms with Crippen molar-refractivity contribution in [1.82, 2.24) is 4.90 Å². The van der Waals surface area contributed by atoms with Crippen LogP contribution in [0.25, 0.3) is 0 Å². The van der Waals surface area contributed by atoms with Crippen LogP contribution in [0.2, 0.25) is 0 Å². The smallest absolute Gasteiger partial charge is 0.254 e. The first-order valence-electron chi connectivity index (χ1n) is 8.30. The van der Waals surface area contributed by atoms with E-state index < -0.39 is 0 Å². The van der Waals surface area contributed by atoms with Crippen LogP contribution in [0.3, 0.4) is 0 Å². The maximum absolute atomic E-state index is 12.6. The molecule has 1 fully saturated rings. The van der Waals surface area contributed by atoms with Crippen molar-refractivity contribution in [3.63, 3.8) is 0 Å². The quantitative estimate of drug-likeness (QED) is 0.811. The molecule has 1 aliphatic rings. The standard InChI is InChI=1S/C19H23NO4/c1-14(18-6-4-12-23-18)20(2)19(21)15-7-9-16(10-8-15)24-13-17-5-3-11-22-17/h4,6-10,12,14,17H,3,5,11,13H2,1-2H3. The van der Waals surface area contributed by atoms with Crippen molar-refractivity contribution in [2.75, 3.05) is 20.3 Å². The fourth-order valence-corrected chi connectivity index (χ4v) is 2.76. The topological polar surface area (TPSA) is 51.9 Å². The first-order chi connectivity index (χ1) is 11.6. The molecule has 0 saturated carbocycles. The molecule has 5 heteroatoms. The summed E-state index contributed by atoms with van der Waals surface area (Å²) in [7, 11) is 1.78. The molecule has 0 N–H and O–H groups in total. The van der Waals surface area contributed by atoms with Crippen LogP contribution in [0.5, 0.6) is 5.75 Å². The predicted octanol–water partition coefficient (Wildman–Crippen LogP) is 3.67. The number of carbonyl (C=O) groups is 1. The van der Waals surface area contributed by atoms with Crippen LogP contribution in [0.15, 0.2) is 47.1 Å². The lowest BCUT2D eigenvalue weighted by molar-refractivity contribution is 0.0678.